The summed E-state index contributed by atoms with van der Waals surface area (Å²) in [5.41, 5.74) is 1.25. The molecule has 0 amide bonds. The number of rotatable bonds is 4. The van der Waals surface area contributed by atoms with Crippen molar-refractivity contribution < 1.29 is 9.52 Å². The summed E-state index contributed by atoms with van der Waals surface area (Å²) in [6.45, 7) is 0.403. The number of fused-ring (bicyclic) bond motifs is 1. The van der Waals surface area contributed by atoms with E-state index in [0.29, 0.717) is 23.7 Å². The van der Waals surface area contributed by atoms with E-state index in [2.05, 4.69) is 20.3 Å². The van der Waals surface area contributed by atoms with Gasteiger partial charge in [-0.25, -0.2) is 4.98 Å². The van der Waals surface area contributed by atoms with Crippen LogP contribution in [0.15, 0.2) is 28.9 Å². The van der Waals surface area contributed by atoms with E-state index < -0.39 is 0 Å². The minimum absolute atomic E-state index is 0.0917. The number of aromatic amines is 1. The summed E-state index contributed by atoms with van der Waals surface area (Å²) in [5.74, 6) is 1.39. The molecule has 3 aromatic rings. The molecule has 0 atom stereocenters. The van der Waals surface area contributed by atoms with Crippen molar-refractivity contribution >= 4 is 28.5 Å². The monoisotopic (exact) mass is 278 g/mol. The lowest BCUT2D eigenvalue weighted by molar-refractivity contribution is 0.278. The highest BCUT2D eigenvalue weighted by Crippen LogP contribution is 2.23. The molecule has 0 unspecified atom stereocenters. The van der Waals surface area contributed by atoms with Crippen molar-refractivity contribution in [2.75, 3.05) is 5.32 Å². The highest BCUT2D eigenvalue weighted by Gasteiger charge is 2.10. The molecule has 3 N–H and O–H groups in total. The Labute approximate surface area is 113 Å². The molecule has 98 valence electrons. The van der Waals surface area contributed by atoms with Crippen LogP contribution in [0.1, 0.15) is 11.5 Å². The Morgan fingerprint density at radius 1 is 1.42 bits per heavy atom. The first-order valence-corrected chi connectivity index (χ1v) is 6.06. The second-order valence-corrected chi connectivity index (χ2v) is 4.33. The summed E-state index contributed by atoms with van der Waals surface area (Å²) in [6.07, 6.45) is 1.61. The molecule has 0 fully saturated rings. The molecule has 0 saturated heterocycles. The number of hydrogen-bond donors (Lipinski definition) is 3. The number of hydrogen-bond acceptors (Lipinski definition) is 5. The second kappa shape index (κ2) is 4.91. The molecule has 0 bridgehead atoms. The molecule has 0 aliphatic heterocycles. The van der Waals surface area contributed by atoms with Gasteiger partial charge < -0.3 is 19.8 Å². The van der Waals surface area contributed by atoms with Gasteiger partial charge in [0.05, 0.1) is 24.8 Å². The van der Waals surface area contributed by atoms with Gasteiger partial charge in [0.1, 0.15) is 17.2 Å². The summed E-state index contributed by atoms with van der Waals surface area (Å²) in [7, 11) is 0. The van der Waals surface area contributed by atoms with Crippen LogP contribution in [0.25, 0.3) is 11.0 Å². The molecular weight excluding hydrogens is 268 g/mol. The lowest BCUT2D eigenvalue weighted by atomic mass is 10.3. The number of furan rings is 1. The van der Waals surface area contributed by atoms with Crippen LogP contribution in [0.5, 0.6) is 0 Å². The number of halogens is 1. The molecule has 0 aromatic carbocycles. The summed E-state index contributed by atoms with van der Waals surface area (Å²) >= 11 is 5.87. The Morgan fingerprint density at radius 2 is 2.32 bits per heavy atom. The summed E-state index contributed by atoms with van der Waals surface area (Å²) in [5, 5.41) is 13.2. The summed E-state index contributed by atoms with van der Waals surface area (Å²) in [4.78, 5) is 11.2. The third-order valence-electron chi connectivity index (χ3n) is 2.70. The molecule has 3 aromatic heterocycles. The maximum absolute atomic E-state index is 9.13. The zero-order valence-corrected chi connectivity index (χ0v) is 10.6. The van der Waals surface area contributed by atoms with E-state index in [0.717, 1.165) is 11.1 Å². The van der Waals surface area contributed by atoms with Crippen LogP contribution in [0.4, 0.5) is 5.82 Å². The number of nitrogens with zero attached hydrogens (tertiary/aromatic N) is 2. The van der Waals surface area contributed by atoms with Crippen molar-refractivity contribution in [3.05, 3.63) is 41.2 Å². The number of anilines is 1. The van der Waals surface area contributed by atoms with Gasteiger partial charge in [0.15, 0.2) is 0 Å². The van der Waals surface area contributed by atoms with Crippen LogP contribution in [0.3, 0.4) is 0 Å². The molecular formula is C12H11ClN4O2. The van der Waals surface area contributed by atoms with Gasteiger partial charge in [-0.1, -0.05) is 0 Å². The average molecular weight is 279 g/mol. The third-order valence-corrected chi connectivity index (χ3v) is 2.87. The standard InChI is InChI=1S/C12H11ClN4O2/c13-12-16-10(14-5-8-2-1-3-19-8)9-4-7(6-18)15-11(9)17-12/h1-4,18H,5-6H2,(H2,14,15,16,17). The first kappa shape index (κ1) is 12.0. The molecule has 6 nitrogen and oxygen atoms in total. The molecule has 0 saturated carbocycles. The Morgan fingerprint density at radius 3 is 3.05 bits per heavy atom. The van der Waals surface area contributed by atoms with Gasteiger partial charge in [-0.05, 0) is 29.8 Å². The maximum atomic E-state index is 9.13. The molecule has 3 heterocycles. The SMILES string of the molecule is OCc1cc2c(NCc3ccco3)nc(Cl)nc2[nH]1. The lowest BCUT2D eigenvalue weighted by Crippen LogP contribution is -2.01. The van der Waals surface area contributed by atoms with E-state index in [4.69, 9.17) is 21.1 Å². The zero-order valence-electron chi connectivity index (χ0n) is 9.85. The van der Waals surface area contributed by atoms with Crippen molar-refractivity contribution in [3.8, 4) is 0 Å². The largest absolute Gasteiger partial charge is 0.467 e. The van der Waals surface area contributed by atoms with E-state index in [1.165, 1.54) is 0 Å². The number of H-pyrrole nitrogens is 1. The third kappa shape index (κ3) is 2.40. The molecule has 0 aliphatic carbocycles. The van der Waals surface area contributed by atoms with Gasteiger partial charge in [-0.2, -0.15) is 4.98 Å². The minimum Gasteiger partial charge on any atom is -0.467 e. The molecule has 19 heavy (non-hydrogen) atoms. The first-order chi connectivity index (χ1) is 9.26. The normalized spacial score (nSPS) is 11.1. The zero-order chi connectivity index (χ0) is 13.2. The van der Waals surface area contributed by atoms with E-state index in [1.807, 2.05) is 12.1 Å². The quantitative estimate of drug-likeness (QED) is 0.638. The smallest absolute Gasteiger partial charge is 0.226 e. The second-order valence-electron chi connectivity index (χ2n) is 3.99. The first-order valence-electron chi connectivity index (χ1n) is 5.68. The average Bonchev–Trinajstić information content (AvgIpc) is 3.04. The van der Waals surface area contributed by atoms with Crippen LogP contribution in [0, 0.1) is 0 Å². The molecule has 3 rings (SSSR count). The highest BCUT2D eigenvalue weighted by molar-refractivity contribution is 6.28. The fourth-order valence-electron chi connectivity index (χ4n) is 1.84. The number of aromatic nitrogens is 3. The van der Waals surface area contributed by atoms with E-state index in [1.54, 1.807) is 12.3 Å². The Balaban J connectivity index is 1.94. The predicted octanol–water partition coefficient (Wildman–Crippen LogP) is 2.31. The van der Waals surface area contributed by atoms with Gasteiger partial charge in [-0.15, -0.1) is 0 Å². The van der Waals surface area contributed by atoms with Crippen molar-refractivity contribution in [2.45, 2.75) is 13.2 Å². The fraction of sp³-hybridized carbons (Fsp3) is 0.167. The minimum atomic E-state index is -0.0917. The van der Waals surface area contributed by atoms with Crippen LogP contribution >= 0.6 is 11.6 Å². The van der Waals surface area contributed by atoms with Gasteiger partial charge >= 0.3 is 0 Å². The maximum Gasteiger partial charge on any atom is 0.226 e. The van der Waals surface area contributed by atoms with E-state index in [-0.39, 0.29) is 11.9 Å². The molecule has 0 radical (unpaired) electrons. The van der Waals surface area contributed by atoms with Crippen molar-refractivity contribution in [2.24, 2.45) is 0 Å². The van der Waals surface area contributed by atoms with Crippen molar-refractivity contribution in [1.82, 2.24) is 15.0 Å². The van der Waals surface area contributed by atoms with Gasteiger partial charge in [-0.3, -0.25) is 0 Å². The Hall–Kier alpha value is -2.05. The van der Waals surface area contributed by atoms with Crippen LogP contribution in [-0.2, 0) is 13.2 Å². The number of aliphatic hydroxyl groups is 1. The number of nitrogens with one attached hydrogen (secondary N) is 2. The summed E-state index contributed by atoms with van der Waals surface area (Å²) in [6, 6.07) is 5.47. The predicted molar refractivity (Wildman–Crippen MR) is 70.9 cm³/mol. The highest BCUT2D eigenvalue weighted by atomic mass is 35.5. The van der Waals surface area contributed by atoms with Gasteiger partial charge in [0, 0.05) is 5.69 Å². The van der Waals surface area contributed by atoms with Crippen molar-refractivity contribution in [1.29, 1.82) is 0 Å². The number of aliphatic hydroxyl groups excluding tert-OH is 1. The fourth-order valence-corrected chi connectivity index (χ4v) is 2.01. The Kier molecular flexibility index (Phi) is 3.10. The van der Waals surface area contributed by atoms with Crippen LogP contribution in [-0.4, -0.2) is 20.1 Å². The molecule has 0 spiro atoms. The van der Waals surface area contributed by atoms with E-state index >= 15 is 0 Å². The van der Waals surface area contributed by atoms with Gasteiger partial charge in [0.25, 0.3) is 0 Å². The lowest BCUT2D eigenvalue weighted by Gasteiger charge is -2.04. The molecule has 0 aliphatic rings. The summed E-state index contributed by atoms with van der Waals surface area (Å²) < 4.78 is 5.24. The Bertz CT molecular complexity index is 693. The van der Waals surface area contributed by atoms with E-state index in [9.17, 15) is 0 Å². The van der Waals surface area contributed by atoms with Crippen LogP contribution < -0.4 is 5.32 Å². The van der Waals surface area contributed by atoms with Crippen molar-refractivity contribution in [3.63, 3.8) is 0 Å². The van der Waals surface area contributed by atoms with Gasteiger partial charge in [0.2, 0.25) is 5.28 Å². The topological polar surface area (TPSA) is 87.0 Å². The van der Waals surface area contributed by atoms with Crippen LogP contribution in [0.2, 0.25) is 5.28 Å². The molecule has 7 heteroatoms.